The molecule has 2 aliphatic carbocycles. The summed E-state index contributed by atoms with van der Waals surface area (Å²) >= 11 is 2.22. The van der Waals surface area contributed by atoms with E-state index in [4.69, 9.17) is 4.99 Å². The minimum atomic E-state index is 0.257. The van der Waals surface area contributed by atoms with Crippen LogP contribution in [0.1, 0.15) is 84.5 Å². The van der Waals surface area contributed by atoms with E-state index in [9.17, 15) is 0 Å². The third-order valence-corrected chi connectivity index (χ3v) is 7.61. The van der Waals surface area contributed by atoms with Crippen molar-refractivity contribution in [3.8, 4) is 0 Å². The molecule has 0 aromatic rings. The number of rotatable bonds is 3. The van der Waals surface area contributed by atoms with Gasteiger partial charge in [-0.15, -0.1) is 11.8 Å². The molecule has 3 aliphatic rings. The van der Waals surface area contributed by atoms with E-state index in [0.29, 0.717) is 5.25 Å². The Hall–Kier alpha value is 0.0200. The molecule has 20 heavy (non-hydrogen) atoms. The highest BCUT2D eigenvalue weighted by Gasteiger charge is 2.45. The van der Waals surface area contributed by atoms with Gasteiger partial charge in [-0.2, -0.15) is 0 Å². The van der Waals surface area contributed by atoms with Crippen LogP contribution in [0.25, 0.3) is 0 Å². The summed E-state index contributed by atoms with van der Waals surface area (Å²) in [5, 5.41) is 0.681. The molecule has 0 bridgehead atoms. The predicted molar refractivity (Wildman–Crippen MR) is 90.7 cm³/mol. The fourth-order valence-corrected chi connectivity index (χ4v) is 6.45. The second-order valence-corrected chi connectivity index (χ2v) is 8.81. The summed E-state index contributed by atoms with van der Waals surface area (Å²) in [5.41, 5.74) is 1.60. The quantitative estimate of drug-likeness (QED) is 0.637. The van der Waals surface area contributed by atoms with Crippen molar-refractivity contribution in [3.05, 3.63) is 0 Å². The van der Waals surface area contributed by atoms with Crippen LogP contribution >= 0.6 is 11.8 Å². The minimum Gasteiger partial charge on any atom is -0.275 e. The molecule has 0 radical (unpaired) electrons. The zero-order valence-electron chi connectivity index (χ0n) is 13.4. The van der Waals surface area contributed by atoms with Crippen LogP contribution in [0.2, 0.25) is 0 Å². The smallest absolute Gasteiger partial charge is 0.109 e. The number of thioether (sulfide) groups is 1. The lowest BCUT2D eigenvalue weighted by Crippen LogP contribution is -2.32. The van der Waals surface area contributed by atoms with Gasteiger partial charge >= 0.3 is 0 Å². The molecule has 2 atom stereocenters. The second kappa shape index (κ2) is 6.42. The molecule has 2 saturated carbocycles. The molecule has 0 saturated heterocycles. The third kappa shape index (κ3) is 2.82. The van der Waals surface area contributed by atoms with Crippen molar-refractivity contribution >= 4 is 17.5 Å². The van der Waals surface area contributed by atoms with E-state index in [1.807, 2.05) is 0 Å². The first-order valence-corrected chi connectivity index (χ1v) is 9.90. The molecule has 0 aromatic heterocycles. The summed E-state index contributed by atoms with van der Waals surface area (Å²) in [6.45, 7) is 4.81. The Bertz CT molecular complexity index is 352. The lowest BCUT2D eigenvalue weighted by atomic mass is 9.81. The lowest BCUT2D eigenvalue weighted by Gasteiger charge is -2.36. The monoisotopic (exact) mass is 293 g/mol. The van der Waals surface area contributed by atoms with Crippen molar-refractivity contribution in [1.29, 1.82) is 0 Å². The first-order chi connectivity index (χ1) is 9.75. The standard InChI is InChI=1S/C18H31NS/c1-3-18(16-12-8-5-9-13-16)19-17(14(2)20-18)15-10-6-4-7-11-15/h14-16H,3-13H2,1-2H3/t14-,18+/m0/s1. The molecule has 0 spiro atoms. The Morgan fingerprint density at radius 1 is 1.00 bits per heavy atom. The van der Waals surface area contributed by atoms with E-state index in [2.05, 4.69) is 25.6 Å². The highest BCUT2D eigenvalue weighted by molar-refractivity contribution is 8.02. The van der Waals surface area contributed by atoms with Crippen LogP contribution in [0.5, 0.6) is 0 Å². The molecule has 2 fully saturated rings. The van der Waals surface area contributed by atoms with E-state index in [1.165, 1.54) is 70.6 Å². The molecule has 0 unspecified atom stereocenters. The average Bonchev–Trinajstić information content (AvgIpc) is 2.87. The summed E-state index contributed by atoms with van der Waals surface area (Å²) in [5.74, 6) is 1.68. The van der Waals surface area contributed by atoms with E-state index in [-0.39, 0.29) is 4.87 Å². The maximum absolute atomic E-state index is 5.45. The molecule has 0 aromatic carbocycles. The molecule has 1 aliphatic heterocycles. The zero-order chi connectivity index (χ0) is 14.0. The summed E-state index contributed by atoms with van der Waals surface area (Å²) in [7, 11) is 0. The topological polar surface area (TPSA) is 12.4 Å². The molecule has 0 N–H and O–H groups in total. The molecule has 1 heterocycles. The molecule has 2 heteroatoms. The van der Waals surface area contributed by atoms with Gasteiger partial charge in [-0.1, -0.05) is 45.4 Å². The molecule has 1 nitrogen and oxygen atoms in total. The summed E-state index contributed by atoms with van der Waals surface area (Å²) < 4.78 is 0. The summed E-state index contributed by atoms with van der Waals surface area (Å²) in [4.78, 5) is 5.70. The third-order valence-electron chi connectivity index (χ3n) is 5.89. The van der Waals surface area contributed by atoms with Gasteiger partial charge in [0.15, 0.2) is 0 Å². The number of hydrogen-bond donors (Lipinski definition) is 0. The van der Waals surface area contributed by atoms with E-state index in [0.717, 1.165) is 11.8 Å². The molecule has 114 valence electrons. The van der Waals surface area contributed by atoms with Crippen molar-refractivity contribution in [2.75, 3.05) is 0 Å². The van der Waals surface area contributed by atoms with Crippen LogP contribution < -0.4 is 0 Å². The van der Waals surface area contributed by atoms with Crippen LogP contribution in [-0.2, 0) is 0 Å². The van der Waals surface area contributed by atoms with Gasteiger partial charge in [-0.05, 0) is 50.9 Å². The van der Waals surface area contributed by atoms with Gasteiger partial charge < -0.3 is 0 Å². The van der Waals surface area contributed by atoms with Crippen molar-refractivity contribution < 1.29 is 0 Å². The van der Waals surface area contributed by atoms with Gasteiger partial charge in [-0.3, -0.25) is 4.99 Å². The Labute approximate surface area is 129 Å². The fourth-order valence-electron chi connectivity index (χ4n) is 4.72. The maximum atomic E-state index is 5.45. The zero-order valence-corrected chi connectivity index (χ0v) is 14.2. The van der Waals surface area contributed by atoms with Gasteiger partial charge in [-0.25, -0.2) is 0 Å². The van der Waals surface area contributed by atoms with Gasteiger partial charge in [0.05, 0.1) is 0 Å². The van der Waals surface area contributed by atoms with Crippen molar-refractivity contribution in [3.63, 3.8) is 0 Å². The normalized spacial score (nSPS) is 37.1. The van der Waals surface area contributed by atoms with Crippen LogP contribution in [0.3, 0.4) is 0 Å². The van der Waals surface area contributed by atoms with Crippen LogP contribution in [0.4, 0.5) is 0 Å². The lowest BCUT2D eigenvalue weighted by molar-refractivity contribution is 0.279. The number of nitrogens with zero attached hydrogens (tertiary/aromatic N) is 1. The first kappa shape index (κ1) is 14.9. The Morgan fingerprint density at radius 2 is 1.60 bits per heavy atom. The second-order valence-electron chi connectivity index (χ2n) is 7.16. The minimum absolute atomic E-state index is 0.257. The molecule has 0 amide bonds. The van der Waals surface area contributed by atoms with Crippen molar-refractivity contribution in [2.24, 2.45) is 16.8 Å². The van der Waals surface area contributed by atoms with Crippen LogP contribution in [0.15, 0.2) is 4.99 Å². The van der Waals surface area contributed by atoms with Gasteiger partial charge in [0.2, 0.25) is 0 Å². The Kier molecular flexibility index (Phi) is 4.79. The Morgan fingerprint density at radius 3 is 2.20 bits per heavy atom. The van der Waals surface area contributed by atoms with Gasteiger partial charge in [0, 0.05) is 11.0 Å². The number of aliphatic imine (C=N–C) groups is 1. The Balaban J connectivity index is 1.79. The van der Waals surface area contributed by atoms with Gasteiger partial charge in [0.25, 0.3) is 0 Å². The highest BCUT2D eigenvalue weighted by Crippen LogP contribution is 2.52. The van der Waals surface area contributed by atoms with Crippen LogP contribution in [0, 0.1) is 11.8 Å². The van der Waals surface area contributed by atoms with E-state index >= 15 is 0 Å². The van der Waals surface area contributed by atoms with E-state index in [1.54, 1.807) is 5.71 Å². The molecular weight excluding hydrogens is 262 g/mol. The largest absolute Gasteiger partial charge is 0.275 e. The first-order valence-electron chi connectivity index (χ1n) is 9.02. The number of hydrogen-bond acceptors (Lipinski definition) is 2. The highest BCUT2D eigenvalue weighted by atomic mass is 32.2. The molecular formula is C18H31NS. The van der Waals surface area contributed by atoms with Crippen molar-refractivity contribution in [2.45, 2.75) is 94.6 Å². The summed E-state index contributed by atoms with van der Waals surface area (Å²) in [6.07, 6.45) is 15.6. The van der Waals surface area contributed by atoms with Gasteiger partial charge in [0.1, 0.15) is 4.87 Å². The summed E-state index contributed by atoms with van der Waals surface area (Å²) in [6, 6.07) is 0. The SMILES string of the molecule is CC[C@@]1(C2CCCCC2)N=C(C2CCCCC2)[C@H](C)S1. The van der Waals surface area contributed by atoms with E-state index < -0.39 is 0 Å². The predicted octanol–water partition coefficient (Wildman–Crippen LogP) is 5.83. The fraction of sp³-hybridized carbons (Fsp3) is 0.944. The molecule has 3 rings (SSSR count). The average molecular weight is 294 g/mol. The van der Waals surface area contributed by atoms with Crippen molar-refractivity contribution in [1.82, 2.24) is 0 Å². The maximum Gasteiger partial charge on any atom is 0.109 e. The van der Waals surface area contributed by atoms with Crippen LogP contribution in [-0.4, -0.2) is 15.8 Å².